The average molecular weight is 354 g/mol. The summed E-state index contributed by atoms with van der Waals surface area (Å²) in [5.41, 5.74) is 1.32. The number of hydrogen-bond donors (Lipinski definition) is 1. The molecule has 1 N–H and O–H groups in total. The van der Waals surface area contributed by atoms with Gasteiger partial charge < -0.3 is 10.2 Å². The van der Waals surface area contributed by atoms with Gasteiger partial charge in [-0.2, -0.15) is 0 Å². The van der Waals surface area contributed by atoms with E-state index >= 15 is 0 Å². The van der Waals surface area contributed by atoms with Crippen LogP contribution in [0.2, 0.25) is 0 Å². The predicted octanol–water partition coefficient (Wildman–Crippen LogP) is 1.68. The van der Waals surface area contributed by atoms with Crippen molar-refractivity contribution in [3.05, 3.63) is 64.1 Å². The second kappa shape index (κ2) is 7.18. The molecular formula is C17H18N6O3. The third kappa shape index (κ3) is 3.46. The van der Waals surface area contributed by atoms with Gasteiger partial charge in [-0.15, -0.1) is 10.2 Å². The Bertz CT molecular complexity index is 966. The zero-order valence-corrected chi connectivity index (χ0v) is 14.4. The van der Waals surface area contributed by atoms with Crippen LogP contribution in [0.15, 0.2) is 42.6 Å². The predicted molar refractivity (Wildman–Crippen MR) is 96.4 cm³/mol. The molecule has 1 aromatic carbocycles. The minimum Gasteiger partial charge on any atom is -0.372 e. The van der Waals surface area contributed by atoms with Gasteiger partial charge in [-0.1, -0.05) is 6.07 Å². The zero-order chi connectivity index (χ0) is 18.7. The van der Waals surface area contributed by atoms with Gasteiger partial charge in [0.15, 0.2) is 5.65 Å². The van der Waals surface area contributed by atoms with E-state index in [9.17, 15) is 14.9 Å². The Balaban J connectivity index is 1.68. The van der Waals surface area contributed by atoms with Crippen LogP contribution in [-0.4, -0.2) is 46.1 Å². The molecule has 2 heterocycles. The summed E-state index contributed by atoms with van der Waals surface area (Å²) < 4.78 is 1.85. The number of amides is 1. The third-order valence-electron chi connectivity index (χ3n) is 3.93. The standard InChI is InChI=1S/C17H18N6O3/c1-21(2)13-7-6-12(11-14(13)23(25)26)17(24)18-9-8-16-20-19-15-5-3-4-10-22(15)16/h3-7,10-11H,8-9H2,1-2H3,(H,18,24). The highest BCUT2D eigenvalue weighted by atomic mass is 16.6. The molecule has 3 rings (SSSR count). The SMILES string of the molecule is CN(C)c1ccc(C(=O)NCCc2nnc3ccccn23)cc1[N+](=O)[O-]. The second-order valence-corrected chi connectivity index (χ2v) is 5.91. The number of carbonyl (C=O) groups excluding carboxylic acids is 1. The van der Waals surface area contributed by atoms with Crippen molar-refractivity contribution in [2.24, 2.45) is 0 Å². The number of nitrogens with zero attached hydrogens (tertiary/aromatic N) is 5. The molecule has 9 heteroatoms. The Hall–Kier alpha value is -3.49. The van der Waals surface area contributed by atoms with Crippen molar-refractivity contribution < 1.29 is 9.72 Å². The van der Waals surface area contributed by atoms with Crippen LogP contribution in [0, 0.1) is 10.1 Å². The molecule has 0 radical (unpaired) electrons. The number of nitro benzene ring substituents is 1. The van der Waals surface area contributed by atoms with Crippen molar-refractivity contribution in [3.8, 4) is 0 Å². The minimum atomic E-state index is -0.492. The first kappa shape index (κ1) is 17.3. The number of rotatable bonds is 6. The van der Waals surface area contributed by atoms with E-state index in [2.05, 4.69) is 15.5 Å². The van der Waals surface area contributed by atoms with E-state index in [1.807, 2.05) is 28.8 Å². The van der Waals surface area contributed by atoms with Crippen molar-refractivity contribution >= 4 is 22.9 Å². The number of nitro groups is 1. The normalized spacial score (nSPS) is 10.7. The van der Waals surface area contributed by atoms with E-state index in [1.165, 1.54) is 6.07 Å². The Morgan fingerprint density at radius 1 is 1.27 bits per heavy atom. The Morgan fingerprint density at radius 2 is 2.08 bits per heavy atom. The van der Waals surface area contributed by atoms with Gasteiger partial charge in [0.25, 0.3) is 11.6 Å². The lowest BCUT2D eigenvalue weighted by atomic mass is 10.1. The highest BCUT2D eigenvalue weighted by Gasteiger charge is 2.18. The van der Waals surface area contributed by atoms with Crippen molar-refractivity contribution in [1.29, 1.82) is 0 Å². The van der Waals surface area contributed by atoms with Gasteiger partial charge in [-0.25, -0.2) is 0 Å². The van der Waals surface area contributed by atoms with Gasteiger partial charge in [-0.3, -0.25) is 19.3 Å². The highest BCUT2D eigenvalue weighted by molar-refractivity contribution is 5.95. The summed E-state index contributed by atoms with van der Waals surface area (Å²) in [6.07, 6.45) is 2.35. The fourth-order valence-electron chi connectivity index (χ4n) is 2.64. The molecule has 0 spiro atoms. The maximum atomic E-state index is 12.3. The Labute approximate surface area is 149 Å². The topological polar surface area (TPSA) is 106 Å². The van der Waals surface area contributed by atoms with Gasteiger partial charge >= 0.3 is 0 Å². The fourth-order valence-corrected chi connectivity index (χ4v) is 2.64. The lowest BCUT2D eigenvalue weighted by molar-refractivity contribution is -0.384. The van der Waals surface area contributed by atoms with E-state index in [0.717, 1.165) is 11.5 Å². The van der Waals surface area contributed by atoms with Crippen LogP contribution in [0.25, 0.3) is 5.65 Å². The molecule has 9 nitrogen and oxygen atoms in total. The molecule has 3 aromatic rings. The molecular weight excluding hydrogens is 336 g/mol. The molecule has 0 aliphatic heterocycles. The number of anilines is 1. The smallest absolute Gasteiger partial charge is 0.293 e. The van der Waals surface area contributed by atoms with Gasteiger partial charge in [0.2, 0.25) is 0 Å². The summed E-state index contributed by atoms with van der Waals surface area (Å²) in [4.78, 5) is 24.7. The second-order valence-electron chi connectivity index (χ2n) is 5.91. The molecule has 2 aromatic heterocycles. The Kier molecular flexibility index (Phi) is 4.78. The molecule has 0 saturated carbocycles. The van der Waals surface area contributed by atoms with E-state index in [-0.39, 0.29) is 17.2 Å². The molecule has 0 saturated heterocycles. The molecule has 134 valence electrons. The van der Waals surface area contributed by atoms with Gasteiger partial charge in [0.1, 0.15) is 11.5 Å². The largest absolute Gasteiger partial charge is 0.372 e. The van der Waals surface area contributed by atoms with Crippen molar-refractivity contribution in [3.63, 3.8) is 0 Å². The molecule has 26 heavy (non-hydrogen) atoms. The summed E-state index contributed by atoms with van der Waals surface area (Å²) in [6, 6.07) is 10.0. The minimum absolute atomic E-state index is 0.105. The molecule has 0 bridgehead atoms. The number of aromatic nitrogens is 3. The molecule has 1 amide bonds. The molecule has 0 aliphatic rings. The van der Waals surface area contributed by atoms with Gasteiger partial charge in [0, 0.05) is 44.9 Å². The summed E-state index contributed by atoms with van der Waals surface area (Å²) in [5.74, 6) is 0.363. The first-order valence-electron chi connectivity index (χ1n) is 8.00. The zero-order valence-electron chi connectivity index (χ0n) is 14.4. The number of fused-ring (bicyclic) bond motifs is 1. The molecule has 0 aliphatic carbocycles. The number of pyridine rings is 1. The number of nitrogens with one attached hydrogen (secondary N) is 1. The number of hydrogen-bond acceptors (Lipinski definition) is 6. The van der Waals surface area contributed by atoms with Crippen LogP contribution in [0.3, 0.4) is 0 Å². The van der Waals surface area contributed by atoms with Crippen LogP contribution >= 0.6 is 0 Å². The summed E-state index contributed by atoms with van der Waals surface area (Å²) in [5, 5.41) is 22.1. The third-order valence-corrected chi connectivity index (χ3v) is 3.93. The lowest BCUT2D eigenvalue weighted by Gasteiger charge is -2.13. The maximum absolute atomic E-state index is 12.3. The van der Waals surface area contributed by atoms with Gasteiger partial charge in [0.05, 0.1) is 4.92 Å². The average Bonchev–Trinajstić information content (AvgIpc) is 3.04. The van der Waals surface area contributed by atoms with Crippen LogP contribution < -0.4 is 10.2 Å². The van der Waals surface area contributed by atoms with Crippen LogP contribution in [0.5, 0.6) is 0 Å². The maximum Gasteiger partial charge on any atom is 0.293 e. The van der Waals surface area contributed by atoms with Crippen LogP contribution in [-0.2, 0) is 6.42 Å². The van der Waals surface area contributed by atoms with E-state index in [1.54, 1.807) is 31.1 Å². The molecule has 0 atom stereocenters. The quantitative estimate of drug-likeness (QED) is 0.533. The summed E-state index contributed by atoms with van der Waals surface area (Å²) >= 11 is 0. The Morgan fingerprint density at radius 3 is 2.81 bits per heavy atom. The van der Waals surface area contributed by atoms with Crippen molar-refractivity contribution in [1.82, 2.24) is 19.9 Å². The monoisotopic (exact) mass is 354 g/mol. The number of benzene rings is 1. The number of carbonyl (C=O) groups is 1. The first-order valence-corrected chi connectivity index (χ1v) is 8.00. The van der Waals surface area contributed by atoms with E-state index in [4.69, 9.17) is 0 Å². The lowest BCUT2D eigenvalue weighted by Crippen LogP contribution is -2.26. The first-order chi connectivity index (χ1) is 12.5. The molecule has 0 fully saturated rings. The highest BCUT2D eigenvalue weighted by Crippen LogP contribution is 2.27. The van der Waals surface area contributed by atoms with Crippen molar-refractivity contribution in [2.75, 3.05) is 25.5 Å². The van der Waals surface area contributed by atoms with E-state index in [0.29, 0.717) is 18.7 Å². The van der Waals surface area contributed by atoms with Crippen LogP contribution in [0.1, 0.15) is 16.2 Å². The summed E-state index contributed by atoms with van der Waals surface area (Å²) in [6.45, 7) is 0.345. The van der Waals surface area contributed by atoms with Gasteiger partial charge in [-0.05, 0) is 24.3 Å². The fraction of sp³-hybridized carbons (Fsp3) is 0.235. The van der Waals surface area contributed by atoms with E-state index < -0.39 is 4.92 Å². The van der Waals surface area contributed by atoms with Crippen molar-refractivity contribution in [2.45, 2.75) is 6.42 Å². The molecule has 0 unspecified atom stereocenters. The summed E-state index contributed by atoms with van der Waals surface area (Å²) in [7, 11) is 3.43. The van der Waals surface area contributed by atoms with Crippen LogP contribution in [0.4, 0.5) is 11.4 Å².